The van der Waals surface area contributed by atoms with Gasteiger partial charge in [0.2, 0.25) is 5.91 Å². The van der Waals surface area contributed by atoms with Crippen LogP contribution >= 0.6 is 35.6 Å². The van der Waals surface area contributed by atoms with E-state index in [1.807, 2.05) is 97.1 Å². The van der Waals surface area contributed by atoms with Crippen LogP contribution in [0.15, 0.2) is 114 Å². The van der Waals surface area contributed by atoms with Crippen molar-refractivity contribution in [2.24, 2.45) is 0 Å². The molecule has 7 heteroatoms. The Kier molecular flexibility index (Phi) is 8.20. The maximum Gasteiger partial charge on any atom is 0.242 e. The van der Waals surface area contributed by atoms with Crippen LogP contribution in [-0.2, 0) is 4.79 Å². The molecule has 1 atom stereocenters. The van der Waals surface area contributed by atoms with Gasteiger partial charge in [-0.05, 0) is 60.2 Å². The van der Waals surface area contributed by atoms with Gasteiger partial charge in [0.25, 0.3) is 0 Å². The largest absolute Gasteiger partial charge is 0.332 e. The third kappa shape index (κ3) is 6.60. The number of thioether (sulfide) groups is 1. The molecule has 0 radical (unpaired) electrons. The van der Waals surface area contributed by atoms with E-state index in [2.05, 4.69) is 16.0 Å². The Hall–Kier alpha value is -3.32. The standard InChI is InChI=1S/C27H22ClN3OS2/c28-23-16-7-8-17-24(23)31-26(32)25(19-10-3-1-4-11-19)34-22-15-9-14-21(18-22)30-27(33)29-20-12-5-2-6-13-20/h1-18,25H,(H,31,32)(H2,29,30,33). The zero-order valence-corrected chi connectivity index (χ0v) is 20.5. The minimum atomic E-state index is -0.470. The number of halogens is 1. The Morgan fingerprint density at radius 2 is 1.35 bits per heavy atom. The summed E-state index contributed by atoms with van der Waals surface area (Å²) in [6.45, 7) is 0. The van der Waals surface area contributed by atoms with Crippen LogP contribution in [0, 0.1) is 0 Å². The second-order valence-electron chi connectivity index (χ2n) is 7.35. The monoisotopic (exact) mass is 503 g/mol. The predicted molar refractivity (Wildman–Crippen MR) is 148 cm³/mol. The van der Waals surface area contributed by atoms with Crippen molar-refractivity contribution in [2.75, 3.05) is 16.0 Å². The fourth-order valence-corrected chi connectivity index (χ4v) is 4.76. The van der Waals surface area contributed by atoms with E-state index in [9.17, 15) is 4.79 Å². The fraction of sp³-hybridized carbons (Fsp3) is 0.0370. The molecule has 34 heavy (non-hydrogen) atoms. The van der Waals surface area contributed by atoms with Gasteiger partial charge in [0.15, 0.2) is 5.11 Å². The first-order valence-electron chi connectivity index (χ1n) is 10.6. The number of hydrogen-bond acceptors (Lipinski definition) is 3. The van der Waals surface area contributed by atoms with Crippen molar-refractivity contribution in [1.29, 1.82) is 0 Å². The van der Waals surface area contributed by atoms with E-state index in [0.717, 1.165) is 21.8 Å². The smallest absolute Gasteiger partial charge is 0.242 e. The summed E-state index contributed by atoms with van der Waals surface area (Å²) in [5, 5.41) is 9.86. The zero-order chi connectivity index (χ0) is 23.8. The lowest BCUT2D eigenvalue weighted by molar-refractivity contribution is -0.115. The third-order valence-electron chi connectivity index (χ3n) is 4.85. The van der Waals surface area contributed by atoms with Crippen molar-refractivity contribution in [3.05, 3.63) is 120 Å². The molecule has 0 spiro atoms. The zero-order valence-electron chi connectivity index (χ0n) is 18.1. The topological polar surface area (TPSA) is 53.2 Å². The molecule has 0 aromatic heterocycles. The van der Waals surface area contributed by atoms with Gasteiger partial charge in [-0.15, -0.1) is 11.8 Å². The van der Waals surface area contributed by atoms with E-state index >= 15 is 0 Å². The minimum absolute atomic E-state index is 0.149. The van der Waals surface area contributed by atoms with Crippen LogP contribution in [0.2, 0.25) is 5.02 Å². The molecule has 0 saturated heterocycles. The van der Waals surface area contributed by atoms with Crippen LogP contribution in [0.3, 0.4) is 0 Å². The number of amides is 1. The molecular formula is C27H22ClN3OS2. The molecule has 0 fully saturated rings. The molecule has 4 aromatic rings. The first-order valence-corrected chi connectivity index (χ1v) is 12.3. The Balaban J connectivity index is 1.50. The maximum absolute atomic E-state index is 13.3. The van der Waals surface area contributed by atoms with E-state index in [0.29, 0.717) is 15.8 Å². The molecule has 1 unspecified atom stereocenters. The van der Waals surface area contributed by atoms with Gasteiger partial charge in [0.05, 0.1) is 10.7 Å². The number of benzene rings is 4. The van der Waals surface area contributed by atoms with Crippen molar-refractivity contribution in [3.63, 3.8) is 0 Å². The van der Waals surface area contributed by atoms with E-state index in [1.165, 1.54) is 11.8 Å². The number of anilines is 3. The highest BCUT2D eigenvalue weighted by atomic mass is 35.5. The lowest BCUT2D eigenvalue weighted by atomic mass is 10.1. The highest BCUT2D eigenvalue weighted by Gasteiger charge is 2.23. The number of carbonyl (C=O) groups excluding carboxylic acids is 1. The summed E-state index contributed by atoms with van der Waals surface area (Å²) in [5.41, 5.74) is 3.22. The fourth-order valence-electron chi connectivity index (χ4n) is 3.26. The summed E-state index contributed by atoms with van der Waals surface area (Å²) >= 11 is 13.2. The van der Waals surface area contributed by atoms with Gasteiger partial charge >= 0.3 is 0 Å². The second-order valence-corrected chi connectivity index (χ2v) is 9.34. The maximum atomic E-state index is 13.3. The Bertz CT molecular complexity index is 1270. The first kappa shape index (κ1) is 23.8. The van der Waals surface area contributed by atoms with Crippen LogP contribution in [0.4, 0.5) is 17.1 Å². The highest BCUT2D eigenvalue weighted by Crippen LogP contribution is 2.37. The summed E-state index contributed by atoms with van der Waals surface area (Å²) < 4.78 is 0. The molecule has 4 nitrogen and oxygen atoms in total. The van der Waals surface area contributed by atoms with Crippen molar-refractivity contribution in [1.82, 2.24) is 0 Å². The molecule has 0 aliphatic rings. The molecule has 3 N–H and O–H groups in total. The summed E-state index contributed by atoms with van der Waals surface area (Å²) in [6, 6.07) is 34.5. The average molecular weight is 504 g/mol. The number of carbonyl (C=O) groups is 1. The Morgan fingerprint density at radius 3 is 2.09 bits per heavy atom. The van der Waals surface area contributed by atoms with Crippen molar-refractivity contribution < 1.29 is 4.79 Å². The van der Waals surface area contributed by atoms with Crippen LogP contribution < -0.4 is 16.0 Å². The van der Waals surface area contributed by atoms with E-state index < -0.39 is 5.25 Å². The van der Waals surface area contributed by atoms with Crippen molar-refractivity contribution >= 4 is 63.7 Å². The molecule has 0 saturated carbocycles. The lowest BCUT2D eigenvalue weighted by Gasteiger charge is -2.18. The van der Waals surface area contributed by atoms with Crippen LogP contribution in [-0.4, -0.2) is 11.0 Å². The normalized spacial score (nSPS) is 11.3. The molecule has 0 bridgehead atoms. The van der Waals surface area contributed by atoms with Gasteiger partial charge < -0.3 is 16.0 Å². The summed E-state index contributed by atoms with van der Waals surface area (Å²) in [6.07, 6.45) is 0. The highest BCUT2D eigenvalue weighted by molar-refractivity contribution is 8.00. The number of nitrogens with one attached hydrogen (secondary N) is 3. The number of thiocarbonyl (C=S) groups is 1. The SMILES string of the molecule is O=C(Nc1ccccc1Cl)C(Sc1cccc(NC(=S)Nc2ccccc2)c1)c1ccccc1. The summed E-state index contributed by atoms with van der Waals surface area (Å²) in [5.74, 6) is -0.149. The summed E-state index contributed by atoms with van der Waals surface area (Å²) in [7, 11) is 0. The minimum Gasteiger partial charge on any atom is -0.332 e. The quantitative estimate of drug-likeness (QED) is 0.179. The van der Waals surface area contributed by atoms with E-state index in [-0.39, 0.29) is 5.91 Å². The molecule has 4 rings (SSSR count). The summed E-state index contributed by atoms with van der Waals surface area (Å²) in [4.78, 5) is 14.2. The predicted octanol–water partition coefficient (Wildman–Crippen LogP) is 7.62. The lowest BCUT2D eigenvalue weighted by Crippen LogP contribution is -2.19. The van der Waals surface area contributed by atoms with Crippen molar-refractivity contribution in [2.45, 2.75) is 10.1 Å². The number of hydrogen-bond donors (Lipinski definition) is 3. The number of rotatable bonds is 7. The second kappa shape index (κ2) is 11.7. The molecular weight excluding hydrogens is 482 g/mol. The van der Waals surface area contributed by atoms with Gasteiger partial charge in [-0.1, -0.05) is 78.3 Å². The van der Waals surface area contributed by atoms with Gasteiger partial charge in [-0.25, -0.2) is 0 Å². The van der Waals surface area contributed by atoms with Gasteiger partial charge in [-0.2, -0.15) is 0 Å². The molecule has 0 heterocycles. The van der Waals surface area contributed by atoms with E-state index in [4.69, 9.17) is 23.8 Å². The van der Waals surface area contributed by atoms with Crippen molar-refractivity contribution in [3.8, 4) is 0 Å². The van der Waals surface area contributed by atoms with Crippen LogP contribution in [0.25, 0.3) is 0 Å². The molecule has 4 aromatic carbocycles. The Morgan fingerprint density at radius 1 is 0.735 bits per heavy atom. The molecule has 0 aliphatic carbocycles. The van der Waals surface area contributed by atoms with Crippen LogP contribution in [0.5, 0.6) is 0 Å². The molecule has 0 aliphatic heterocycles. The molecule has 1 amide bonds. The van der Waals surface area contributed by atoms with Crippen LogP contribution in [0.1, 0.15) is 10.8 Å². The van der Waals surface area contributed by atoms with Gasteiger partial charge in [-0.3, -0.25) is 4.79 Å². The average Bonchev–Trinajstić information content (AvgIpc) is 2.85. The first-order chi connectivity index (χ1) is 16.6. The van der Waals surface area contributed by atoms with E-state index in [1.54, 1.807) is 12.1 Å². The molecule has 170 valence electrons. The van der Waals surface area contributed by atoms with Gasteiger partial charge in [0.1, 0.15) is 5.25 Å². The Labute approximate surface area is 213 Å². The van der Waals surface area contributed by atoms with Gasteiger partial charge in [0, 0.05) is 16.3 Å². The third-order valence-corrected chi connectivity index (χ3v) is 6.63. The number of para-hydroxylation sites is 2.